The van der Waals surface area contributed by atoms with Crippen molar-refractivity contribution in [1.82, 2.24) is 4.90 Å². The number of ether oxygens (including phenoxy) is 1. The van der Waals surface area contributed by atoms with Crippen LogP contribution in [0.3, 0.4) is 0 Å². The summed E-state index contributed by atoms with van der Waals surface area (Å²) in [6, 6.07) is 1.89. The zero-order valence-corrected chi connectivity index (χ0v) is 18.7. The highest BCUT2D eigenvalue weighted by molar-refractivity contribution is 5.96. The molecule has 0 N–H and O–H groups in total. The number of rotatable bonds is 11. The van der Waals surface area contributed by atoms with Gasteiger partial charge < -0.3 is 9.64 Å². The highest BCUT2D eigenvalue weighted by Crippen LogP contribution is 2.33. The number of carbonyl (C=O) groups excluding carboxylic acids is 2. The number of piperidine rings is 1. The topological polar surface area (TPSA) is 46.6 Å². The third-order valence-electron chi connectivity index (χ3n) is 5.88. The normalized spacial score (nSPS) is 15.1. The van der Waals surface area contributed by atoms with Gasteiger partial charge >= 0.3 is 12.1 Å². The largest absolute Gasteiger partial charge is 0.465 e. The fourth-order valence-electron chi connectivity index (χ4n) is 3.96. The SMILES string of the molecule is CCCCCCCCCCOC(=O)C1CCN(C(=O)c2cc(F)ccc2C(F)(F)F)CC1. The molecule has 0 spiro atoms. The van der Waals surface area contributed by atoms with E-state index in [9.17, 15) is 27.2 Å². The van der Waals surface area contributed by atoms with Crippen LogP contribution < -0.4 is 0 Å². The molecule has 180 valence electrons. The van der Waals surface area contributed by atoms with Gasteiger partial charge in [-0.2, -0.15) is 13.2 Å². The first kappa shape index (κ1) is 26.1. The maximum Gasteiger partial charge on any atom is 0.417 e. The molecule has 1 aromatic rings. The molecule has 1 aliphatic rings. The zero-order valence-electron chi connectivity index (χ0n) is 18.7. The molecular formula is C24H33F4NO3. The van der Waals surface area contributed by atoms with E-state index in [1.165, 1.54) is 37.0 Å². The molecule has 1 fully saturated rings. The van der Waals surface area contributed by atoms with E-state index in [0.717, 1.165) is 19.3 Å². The van der Waals surface area contributed by atoms with Gasteiger partial charge in [0.05, 0.1) is 23.7 Å². The Kier molecular flexibility index (Phi) is 10.5. The molecule has 0 saturated carbocycles. The summed E-state index contributed by atoms with van der Waals surface area (Å²) in [7, 11) is 0. The third-order valence-corrected chi connectivity index (χ3v) is 5.88. The number of nitrogens with zero attached hydrogens (tertiary/aromatic N) is 1. The molecule has 0 atom stereocenters. The minimum atomic E-state index is -4.75. The molecule has 8 heteroatoms. The van der Waals surface area contributed by atoms with Gasteiger partial charge in [-0.05, 0) is 37.5 Å². The van der Waals surface area contributed by atoms with Gasteiger partial charge in [0.1, 0.15) is 5.82 Å². The second-order valence-corrected chi connectivity index (χ2v) is 8.40. The minimum absolute atomic E-state index is 0.129. The maximum absolute atomic E-state index is 13.5. The predicted molar refractivity (Wildman–Crippen MR) is 114 cm³/mol. The lowest BCUT2D eigenvalue weighted by molar-refractivity contribution is -0.150. The summed E-state index contributed by atoms with van der Waals surface area (Å²) in [5, 5.41) is 0. The highest BCUT2D eigenvalue weighted by atomic mass is 19.4. The number of likely N-dealkylation sites (tertiary alicyclic amines) is 1. The van der Waals surface area contributed by atoms with E-state index in [2.05, 4.69) is 6.92 Å². The number of esters is 1. The number of unbranched alkanes of at least 4 members (excludes halogenated alkanes) is 7. The van der Waals surface area contributed by atoms with Crippen molar-refractivity contribution in [3.8, 4) is 0 Å². The molecule has 32 heavy (non-hydrogen) atoms. The molecular weight excluding hydrogens is 426 g/mol. The van der Waals surface area contributed by atoms with Crippen molar-refractivity contribution in [2.24, 2.45) is 5.92 Å². The Hall–Kier alpha value is -2.12. The quantitative estimate of drug-likeness (QED) is 0.219. The van der Waals surface area contributed by atoms with Gasteiger partial charge in [0.2, 0.25) is 0 Å². The van der Waals surface area contributed by atoms with Gasteiger partial charge in [-0.1, -0.05) is 51.9 Å². The lowest BCUT2D eigenvalue weighted by Crippen LogP contribution is -2.41. The monoisotopic (exact) mass is 459 g/mol. The molecule has 1 saturated heterocycles. The first-order valence-electron chi connectivity index (χ1n) is 11.6. The molecule has 1 aliphatic heterocycles. The van der Waals surface area contributed by atoms with E-state index in [1.807, 2.05) is 0 Å². The summed E-state index contributed by atoms with van der Waals surface area (Å²) in [5.74, 6) is -2.46. The van der Waals surface area contributed by atoms with Crippen LogP contribution in [0.1, 0.15) is 87.1 Å². The second kappa shape index (κ2) is 12.8. The number of halogens is 4. The van der Waals surface area contributed by atoms with E-state index in [1.54, 1.807) is 0 Å². The fraction of sp³-hybridized carbons (Fsp3) is 0.667. The summed E-state index contributed by atoms with van der Waals surface area (Å²) in [6.07, 6.45) is 5.04. The first-order valence-corrected chi connectivity index (χ1v) is 11.6. The van der Waals surface area contributed by atoms with E-state index < -0.39 is 29.0 Å². The van der Waals surface area contributed by atoms with E-state index >= 15 is 0 Å². The van der Waals surface area contributed by atoms with Gasteiger partial charge in [-0.15, -0.1) is 0 Å². The van der Waals surface area contributed by atoms with Crippen LogP contribution in [0.15, 0.2) is 18.2 Å². The molecule has 0 aliphatic carbocycles. The highest BCUT2D eigenvalue weighted by Gasteiger charge is 2.37. The van der Waals surface area contributed by atoms with E-state index in [0.29, 0.717) is 37.6 Å². The van der Waals surface area contributed by atoms with Gasteiger partial charge in [0, 0.05) is 13.1 Å². The van der Waals surface area contributed by atoms with Gasteiger partial charge in [-0.3, -0.25) is 9.59 Å². The number of hydrogen-bond donors (Lipinski definition) is 0. The number of benzene rings is 1. The van der Waals surface area contributed by atoms with Crippen molar-refractivity contribution in [1.29, 1.82) is 0 Å². The Labute approximate surface area is 187 Å². The molecule has 1 amide bonds. The van der Waals surface area contributed by atoms with Gasteiger partial charge in [0.25, 0.3) is 5.91 Å². The molecule has 0 unspecified atom stereocenters. The number of carbonyl (C=O) groups is 2. The second-order valence-electron chi connectivity index (χ2n) is 8.40. The van der Waals surface area contributed by atoms with Gasteiger partial charge in [-0.25, -0.2) is 4.39 Å². The smallest absolute Gasteiger partial charge is 0.417 e. The number of amides is 1. The van der Waals surface area contributed by atoms with Crippen LogP contribution in [-0.2, 0) is 15.7 Å². The Morgan fingerprint density at radius 2 is 1.59 bits per heavy atom. The van der Waals surface area contributed by atoms with Crippen molar-refractivity contribution >= 4 is 11.9 Å². The molecule has 1 heterocycles. The molecule has 1 aromatic carbocycles. The Balaban J connectivity index is 1.74. The van der Waals surface area contributed by atoms with Crippen LogP contribution in [-0.4, -0.2) is 36.5 Å². The lowest BCUT2D eigenvalue weighted by atomic mass is 9.96. The standard InChI is InChI=1S/C24H33F4NO3/c1-2-3-4-5-6-7-8-9-16-32-23(31)18-12-14-29(15-13-18)22(30)20-17-19(25)10-11-21(20)24(26,27)28/h10-11,17-18H,2-9,12-16H2,1H3. The number of hydrogen-bond acceptors (Lipinski definition) is 3. The van der Waals surface area contributed by atoms with Crippen molar-refractivity contribution in [2.45, 2.75) is 77.3 Å². The van der Waals surface area contributed by atoms with Crippen molar-refractivity contribution in [2.75, 3.05) is 19.7 Å². The third kappa shape index (κ3) is 8.10. The summed E-state index contributed by atoms with van der Waals surface area (Å²) in [6.45, 7) is 2.81. The molecule has 4 nitrogen and oxygen atoms in total. The average Bonchev–Trinajstić information content (AvgIpc) is 2.76. The summed E-state index contributed by atoms with van der Waals surface area (Å²) < 4.78 is 58.4. The number of alkyl halides is 3. The minimum Gasteiger partial charge on any atom is -0.465 e. The Morgan fingerprint density at radius 1 is 1.00 bits per heavy atom. The van der Waals surface area contributed by atoms with E-state index in [4.69, 9.17) is 4.74 Å². The van der Waals surface area contributed by atoms with Crippen LogP contribution in [0.4, 0.5) is 17.6 Å². The van der Waals surface area contributed by atoms with Crippen molar-refractivity contribution < 1.29 is 31.9 Å². The van der Waals surface area contributed by atoms with Crippen LogP contribution in [0.25, 0.3) is 0 Å². The Bertz CT molecular complexity index is 743. The lowest BCUT2D eigenvalue weighted by Gasteiger charge is -2.31. The molecule has 0 aromatic heterocycles. The Morgan fingerprint density at radius 3 is 2.19 bits per heavy atom. The molecule has 2 rings (SSSR count). The van der Waals surface area contributed by atoms with Crippen LogP contribution in [0, 0.1) is 11.7 Å². The van der Waals surface area contributed by atoms with Crippen LogP contribution in [0.5, 0.6) is 0 Å². The fourth-order valence-corrected chi connectivity index (χ4v) is 3.96. The van der Waals surface area contributed by atoms with Crippen LogP contribution >= 0.6 is 0 Å². The average molecular weight is 460 g/mol. The maximum atomic E-state index is 13.5. The summed E-state index contributed by atoms with van der Waals surface area (Å²) in [4.78, 5) is 26.1. The van der Waals surface area contributed by atoms with E-state index in [-0.39, 0.29) is 25.0 Å². The first-order chi connectivity index (χ1) is 15.2. The van der Waals surface area contributed by atoms with Crippen molar-refractivity contribution in [3.05, 3.63) is 35.1 Å². The molecule has 0 radical (unpaired) electrons. The van der Waals surface area contributed by atoms with Crippen LogP contribution in [0.2, 0.25) is 0 Å². The summed E-state index contributed by atoms with van der Waals surface area (Å²) >= 11 is 0. The van der Waals surface area contributed by atoms with Gasteiger partial charge in [0.15, 0.2) is 0 Å². The predicted octanol–water partition coefficient (Wildman–Crippen LogP) is 6.38. The molecule has 0 bridgehead atoms. The summed E-state index contributed by atoms with van der Waals surface area (Å²) in [5.41, 5.74) is -1.86. The van der Waals surface area contributed by atoms with Crippen molar-refractivity contribution in [3.63, 3.8) is 0 Å². The zero-order chi connectivity index (χ0) is 23.6.